The number of amides is 2. The molecule has 5 nitrogen and oxygen atoms in total. The van der Waals surface area contributed by atoms with Gasteiger partial charge in [0.15, 0.2) is 0 Å². The predicted octanol–water partition coefficient (Wildman–Crippen LogP) is 1.07. The summed E-state index contributed by atoms with van der Waals surface area (Å²) in [6.45, 7) is 5.33. The van der Waals surface area contributed by atoms with Crippen molar-refractivity contribution in [3.63, 3.8) is 0 Å². The standard InChI is InChI=1S/C15H24N2O3/c1-3-11-13(18)16-12(10-5-6-10)14(19)17(11)15(2)7-4-8-20-9-15/h10-12H,3-9H2,1-2H3,(H,16,18). The minimum atomic E-state index is -0.343. The highest BCUT2D eigenvalue weighted by Crippen LogP contribution is 2.38. The molecule has 2 saturated heterocycles. The van der Waals surface area contributed by atoms with Crippen molar-refractivity contribution in [3.05, 3.63) is 0 Å². The van der Waals surface area contributed by atoms with Gasteiger partial charge in [-0.1, -0.05) is 6.92 Å². The first-order chi connectivity index (χ1) is 9.57. The third kappa shape index (κ3) is 2.22. The fourth-order valence-corrected chi connectivity index (χ4v) is 3.60. The molecule has 0 radical (unpaired) electrons. The molecule has 1 N–H and O–H groups in total. The van der Waals surface area contributed by atoms with E-state index in [0.29, 0.717) is 18.9 Å². The van der Waals surface area contributed by atoms with Crippen LogP contribution in [0.1, 0.15) is 46.0 Å². The predicted molar refractivity (Wildman–Crippen MR) is 74.0 cm³/mol. The van der Waals surface area contributed by atoms with Gasteiger partial charge in [0, 0.05) is 6.61 Å². The molecule has 0 aromatic heterocycles. The van der Waals surface area contributed by atoms with E-state index in [1.807, 2.05) is 11.8 Å². The van der Waals surface area contributed by atoms with Gasteiger partial charge in [-0.05, 0) is 44.9 Å². The van der Waals surface area contributed by atoms with E-state index >= 15 is 0 Å². The van der Waals surface area contributed by atoms with Crippen molar-refractivity contribution >= 4 is 11.8 Å². The van der Waals surface area contributed by atoms with Crippen LogP contribution < -0.4 is 5.32 Å². The van der Waals surface area contributed by atoms with E-state index < -0.39 is 0 Å². The fraction of sp³-hybridized carbons (Fsp3) is 0.867. The van der Waals surface area contributed by atoms with Crippen LogP contribution in [-0.4, -0.2) is 47.6 Å². The first kappa shape index (κ1) is 13.9. The number of piperazine rings is 1. The van der Waals surface area contributed by atoms with Crippen molar-refractivity contribution in [1.29, 1.82) is 0 Å². The Morgan fingerprint density at radius 3 is 2.70 bits per heavy atom. The van der Waals surface area contributed by atoms with Crippen LogP contribution in [0.25, 0.3) is 0 Å². The van der Waals surface area contributed by atoms with Crippen LogP contribution >= 0.6 is 0 Å². The fourth-order valence-electron chi connectivity index (χ4n) is 3.60. The van der Waals surface area contributed by atoms with Gasteiger partial charge >= 0.3 is 0 Å². The molecule has 2 aliphatic heterocycles. The van der Waals surface area contributed by atoms with E-state index in [0.717, 1.165) is 32.3 Å². The Morgan fingerprint density at radius 2 is 2.15 bits per heavy atom. The number of carbonyl (C=O) groups is 2. The highest BCUT2D eigenvalue weighted by Gasteiger charge is 2.52. The number of carbonyl (C=O) groups excluding carboxylic acids is 2. The molecular weight excluding hydrogens is 256 g/mol. The topological polar surface area (TPSA) is 58.6 Å². The molecule has 1 saturated carbocycles. The first-order valence-electron chi connectivity index (χ1n) is 7.78. The third-order valence-corrected chi connectivity index (χ3v) is 4.89. The summed E-state index contributed by atoms with van der Waals surface area (Å²) in [7, 11) is 0. The number of nitrogens with one attached hydrogen (secondary N) is 1. The highest BCUT2D eigenvalue weighted by atomic mass is 16.5. The molecule has 3 atom stereocenters. The SMILES string of the molecule is CCC1C(=O)NC(C2CC2)C(=O)N1C1(C)CCCOC1. The maximum atomic E-state index is 12.9. The Hall–Kier alpha value is -1.10. The molecular formula is C15H24N2O3. The van der Waals surface area contributed by atoms with Gasteiger partial charge in [-0.15, -0.1) is 0 Å². The first-order valence-corrected chi connectivity index (χ1v) is 7.78. The van der Waals surface area contributed by atoms with E-state index in [-0.39, 0.29) is 29.4 Å². The number of rotatable bonds is 3. The van der Waals surface area contributed by atoms with Crippen molar-refractivity contribution in [2.75, 3.05) is 13.2 Å². The molecule has 0 aromatic carbocycles. The molecule has 3 unspecified atom stereocenters. The second-order valence-electron chi connectivity index (χ2n) is 6.61. The lowest BCUT2D eigenvalue weighted by Crippen LogP contribution is -2.70. The van der Waals surface area contributed by atoms with E-state index in [9.17, 15) is 9.59 Å². The van der Waals surface area contributed by atoms with Gasteiger partial charge < -0.3 is 15.0 Å². The van der Waals surface area contributed by atoms with Crippen LogP contribution in [0.2, 0.25) is 0 Å². The summed E-state index contributed by atoms with van der Waals surface area (Å²) >= 11 is 0. The summed E-state index contributed by atoms with van der Waals surface area (Å²) in [5.74, 6) is 0.461. The van der Waals surface area contributed by atoms with Crippen LogP contribution in [-0.2, 0) is 14.3 Å². The molecule has 1 aliphatic carbocycles. The molecule has 3 aliphatic rings. The molecule has 5 heteroatoms. The minimum Gasteiger partial charge on any atom is -0.379 e. The lowest BCUT2D eigenvalue weighted by Gasteiger charge is -2.50. The summed E-state index contributed by atoms with van der Waals surface area (Å²) in [4.78, 5) is 27.1. The second-order valence-corrected chi connectivity index (χ2v) is 6.61. The van der Waals surface area contributed by atoms with Gasteiger partial charge in [-0.3, -0.25) is 9.59 Å². The molecule has 2 heterocycles. The van der Waals surface area contributed by atoms with Crippen LogP contribution in [0.5, 0.6) is 0 Å². The zero-order valence-electron chi connectivity index (χ0n) is 12.4. The molecule has 20 heavy (non-hydrogen) atoms. The number of hydrogen-bond donors (Lipinski definition) is 1. The summed E-state index contributed by atoms with van der Waals surface area (Å²) in [6, 6.07) is -0.645. The normalized spacial score (nSPS) is 38.8. The Kier molecular flexibility index (Phi) is 3.48. The average molecular weight is 280 g/mol. The van der Waals surface area contributed by atoms with Gasteiger partial charge in [0.25, 0.3) is 0 Å². The lowest BCUT2D eigenvalue weighted by molar-refractivity contribution is -0.163. The summed E-state index contributed by atoms with van der Waals surface area (Å²) in [5.41, 5.74) is -0.332. The van der Waals surface area contributed by atoms with Crippen LogP contribution in [0.4, 0.5) is 0 Å². The van der Waals surface area contributed by atoms with Crippen LogP contribution in [0.3, 0.4) is 0 Å². The molecule has 0 aromatic rings. The Bertz CT molecular complexity index is 413. The van der Waals surface area contributed by atoms with Gasteiger partial charge in [-0.25, -0.2) is 0 Å². The molecule has 3 rings (SSSR count). The number of ether oxygens (including phenoxy) is 1. The Balaban J connectivity index is 1.89. The highest BCUT2D eigenvalue weighted by molar-refractivity contribution is 5.97. The van der Waals surface area contributed by atoms with Crippen molar-refractivity contribution in [1.82, 2.24) is 10.2 Å². The van der Waals surface area contributed by atoms with Crippen LogP contribution in [0.15, 0.2) is 0 Å². The molecule has 0 bridgehead atoms. The maximum absolute atomic E-state index is 12.9. The van der Waals surface area contributed by atoms with Crippen molar-refractivity contribution < 1.29 is 14.3 Å². The summed E-state index contributed by atoms with van der Waals surface area (Å²) in [6.07, 6.45) is 4.62. The van der Waals surface area contributed by atoms with Gasteiger partial charge in [0.1, 0.15) is 12.1 Å². The molecule has 3 fully saturated rings. The maximum Gasteiger partial charge on any atom is 0.246 e. The van der Waals surface area contributed by atoms with Gasteiger partial charge in [0.05, 0.1) is 12.1 Å². The van der Waals surface area contributed by atoms with E-state index in [1.54, 1.807) is 0 Å². The van der Waals surface area contributed by atoms with Gasteiger partial charge in [-0.2, -0.15) is 0 Å². The van der Waals surface area contributed by atoms with E-state index in [4.69, 9.17) is 4.74 Å². The van der Waals surface area contributed by atoms with E-state index in [1.165, 1.54) is 0 Å². The molecule has 2 amide bonds. The lowest BCUT2D eigenvalue weighted by atomic mass is 9.87. The second kappa shape index (κ2) is 5.02. The summed E-state index contributed by atoms with van der Waals surface area (Å²) in [5, 5.41) is 2.94. The third-order valence-electron chi connectivity index (χ3n) is 4.89. The van der Waals surface area contributed by atoms with E-state index in [2.05, 4.69) is 12.2 Å². The molecule has 112 valence electrons. The zero-order chi connectivity index (χ0) is 14.3. The minimum absolute atomic E-state index is 0.01000. The average Bonchev–Trinajstić information content (AvgIpc) is 3.25. The van der Waals surface area contributed by atoms with Gasteiger partial charge in [0.2, 0.25) is 11.8 Å². The molecule has 0 spiro atoms. The smallest absolute Gasteiger partial charge is 0.246 e. The Labute approximate surface area is 120 Å². The Morgan fingerprint density at radius 1 is 1.40 bits per heavy atom. The number of hydrogen-bond acceptors (Lipinski definition) is 3. The van der Waals surface area contributed by atoms with Crippen molar-refractivity contribution in [2.24, 2.45) is 5.92 Å². The number of nitrogens with zero attached hydrogens (tertiary/aromatic N) is 1. The monoisotopic (exact) mass is 280 g/mol. The van der Waals surface area contributed by atoms with Crippen molar-refractivity contribution in [3.8, 4) is 0 Å². The van der Waals surface area contributed by atoms with Crippen LogP contribution in [0, 0.1) is 5.92 Å². The summed E-state index contributed by atoms with van der Waals surface area (Å²) < 4.78 is 5.60. The zero-order valence-corrected chi connectivity index (χ0v) is 12.4. The largest absolute Gasteiger partial charge is 0.379 e. The quantitative estimate of drug-likeness (QED) is 0.841. The van der Waals surface area contributed by atoms with Crippen molar-refractivity contribution in [2.45, 2.75) is 63.6 Å².